The molecule has 0 radical (unpaired) electrons. The van der Waals surface area contributed by atoms with Crippen LogP contribution in [0.15, 0.2) is 18.2 Å². The first kappa shape index (κ1) is 21.6. The maximum atomic E-state index is 12.4. The van der Waals surface area contributed by atoms with E-state index in [4.69, 9.17) is 9.84 Å². The summed E-state index contributed by atoms with van der Waals surface area (Å²) in [6, 6.07) is 5.46. The Morgan fingerprint density at radius 1 is 1.10 bits per heavy atom. The van der Waals surface area contributed by atoms with Crippen LogP contribution in [-0.2, 0) is 9.59 Å². The quantitative estimate of drug-likeness (QED) is 0.421. The lowest BCUT2D eigenvalue weighted by Crippen LogP contribution is -2.36. The van der Waals surface area contributed by atoms with Crippen LogP contribution in [-0.4, -0.2) is 40.6 Å². The van der Waals surface area contributed by atoms with Gasteiger partial charge in [-0.3, -0.25) is 4.79 Å². The van der Waals surface area contributed by atoms with Crippen molar-refractivity contribution in [2.24, 2.45) is 5.92 Å². The number of aromatic carboxylic acids is 1. The Balaban J connectivity index is 1.77. The summed E-state index contributed by atoms with van der Waals surface area (Å²) in [6.45, 7) is 1.01. The van der Waals surface area contributed by atoms with Gasteiger partial charge in [-0.1, -0.05) is 31.4 Å². The number of carboxylic acids is 2. The maximum absolute atomic E-state index is 12.4. The van der Waals surface area contributed by atoms with E-state index in [1.54, 1.807) is 6.92 Å². The van der Waals surface area contributed by atoms with Gasteiger partial charge in [-0.2, -0.15) is 0 Å². The number of ether oxygens (including phenoxy) is 1. The van der Waals surface area contributed by atoms with Crippen LogP contribution in [0, 0.1) is 5.92 Å². The number of anilines is 1. The van der Waals surface area contributed by atoms with Gasteiger partial charge < -0.3 is 20.3 Å². The van der Waals surface area contributed by atoms with E-state index in [0.29, 0.717) is 10.6 Å². The minimum absolute atomic E-state index is 0.00780. The van der Waals surface area contributed by atoms with Gasteiger partial charge in [0.1, 0.15) is 0 Å². The number of Topliss-reactive ketones (excluding diaryl/α,β-unsaturated/α-hetero) is 1. The molecule has 2 heterocycles. The normalized spacial score (nSPS) is 15.8. The van der Waals surface area contributed by atoms with E-state index in [2.05, 4.69) is 5.32 Å². The average Bonchev–Trinajstić information content (AvgIpc) is 3.27. The molecule has 3 aromatic rings. The van der Waals surface area contributed by atoms with E-state index >= 15 is 0 Å². The molecule has 1 unspecified atom stereocenters. The number of thiophene rings is 2. The first-order valence-electron chi connectivity index (χ1n) is 10.2. The zero-order chi connectivity index (χ0) is 22.1. The molecular formula is C22H23NO6S2. The first-order valence-corrected chi connectivity index (χ1v) is 11.8. The van der Waals surface area contributed by atoms with E-state index in [0.717, 1.165) is 57.5 Å². The number of benzene rings is 1. The standard InChI is InChI=1S/C22H23NO6S2/c1-11(24)16(12-6-3-2-4-7-12)23-14-9-5-8-13-18(14)30-20-17(29-10-15(25)26)21(22(27)28)31-19(13)20/h5,8-9,12,16,23H,2-4,6-7,10H2,1H3,(H,25,26)(H,27,28). The fourth-order valence-corrected chi connectivity index (χ4v) is 6.87. The van der Waals surface area contributed by atoms with Crippen molar-refractivity contribution in [2.75, 3.05) is 11.9 Å². The third-order valence-corrected chi connectivity index (χ3v) is 8.25. The molecule has 0 amide bonds. The van der Waals surface area contributed by atoms with Gasteiger partial charge in [0.15, 0.2) is 23.0 Å². The second kappa shape index (κ2) is 8.84. The van der Waals surface area contributed by atoms with Crippen molar-refractivity contribution >= 4 is 65.6 Å². The van der Waals surface area contributed by atoms with Crippen molar-refractivity contribution in [1.29, 1.82) is 0 Å². The highest BCUT2D eigenvalue weighted by Gasteiger charge is 2.29. The largest absolute Gasteiger partial charge is 0.479 e. The zero-order valence-corrected chi connectivity index (χ0v) is 18.6. The van der Waals surface area contributed by atoms with Gasteiger partial charge in [0.25, 0.3) is 0 Å². The highest BCUT2D eigenvalue weighted by atomic mass is 32.1. The highest BCUT2D eigenvalue weighted by Crippen LogP contribution is 2.49. The second-order valence-electron chi connectivity index (χ2n) is 7.82. The molecule has 1 saturated carbocycles. The summed E-state index contributed by atoms with van der Waals surface area (Å²) in [5.41, 5.74) is 0.831. The molecule has 0 aliphatic heterocycles. The molecule has 1 fully saturated rings. The molecule has 1 aliphatic rings. The van der Waals surface area contributed by atoms with Gasteiger partial charge in [-0.25, -0.2) is 9.59 Å². The van der Waals surface area contributed by atoms with Crippen LogP contribution in [0.2, 0.25) is 0 Å². The van der Waals surface area contributed by atoms with Gasteiger partial charge in [0.05, 0.1) is 25.8 Å². The van der Waals surface area contributed by atoms with Crippen molar-refractivity contribution < 1.29 is 29.3 Å². The van der Waals surface area contributed by atoms with Crippen LogP contribution in [0.3, 0.4) is 0 Å². The summed E-state index contributed by atoms with van der Waals surface area (Å²) < 4.78 is 7.63. The number of hydrogen-bond acceptors (Lipinski definition) is 7. The number of carboxylic acid groups (broad SMARTS) is 2. The fraction of sp³-hybridized carbons (Fsp3) is 0.409. The molecule has 1 atom stereocenters. The molecule has 0 bridgehead atoms. The predicted molar refractivity (Wildman–Crippen MR) is 122 cm³/mol. The third kappa shape index (κ3) is 4.24. The lowest BCUT2D eigenvalue weighted by molar-refractivity contribution is -0.139. The number of fused-ring (bicyclic) bond motifs is 3. The molecule has 0 spiro atoms. The number of carbonyl (C=O) groups is 3. The summed E-state index contributed by atoms with van der Waals surface area (Å²) >= 11 is 2.44. The molecule has 164 valence electrons. The summed E-state index contributed by atoms with van der Waals surface area (Å²) in [5.74, 6) is -1.81. The molecule has 1 aliphatic carbocycles. The molecule has 0 saturated heterocycles. The van der Waals surface area contributed by atoms with Gasteiger partial charge in [0.2, 0.25) is 0 Å². The summed E-state index contributed by atoms with van der Waals surface area (Å²) in [4.78, 5) is 35.1. The Morgan fingerprint density at radius 3 is 2.48 bits per heavy atom. The van der Waals surface area contributed by atoms with E-state index in [1.807, 2.05) is 18.2 Å². The highest BCUT2D eigenvalue weighted by molar-refractivity contribution is 7.34. The Kier molecular flexibility index (Phi) is 6.15. The fourth-order valence-electron chi connectivity index (χ4n) is 4.30. The lowest BCUT2D eigenvalue weighted by Gasteiger charge is -2.30. The molecule has 4 rings (SSSR count). The topological polar surface area (TPSA) is 113 Å². The van der Waals surface area contributed by atoms with Gasteiger partial charge in [0, 0.05) is 5.39 Å². The van der Waals surface area contributed by atoms with Crippen molar-refractivity contribution in [2.45, 2.75) is 45.1 Å². The van der Waals surface area contributed by atoms with E-state index < -0.39 is 18.5 Å². The number of hydrogen-bond donors (Lipinski definition) is 3. The Bertz CT molecular complexity index is 1160. The minimum Gasteiger partial charge on any atom is -0.479 e. The number of ketones is 1. The number of rotatable bonds is 8. The van der Waals surface area contributed by atoms with Crippen molar-refractivity contribution in [3.05, 3.63) is 23.1 Å². The summed E-state index contributed by atoms with van der Waals surface area (Å²) in [5, 5.41) is 22.8. The molecule has 31 heavy (non-hydrogen) atoms. The first-order chi connectivity index (χ1) is 14.9. The van der Waals surface area contributed by atoms with Gasteiger partial charge >= 0.3 is 11.9 Å². The molecule has 9 heteroatoms. The Hall–Kier alpha value is -2.65. The molecular weight excluding hydrogens is 438 g/mol. The zero-order valence-electron chi connectivity index (χ0n) is 17.0. The van der Waals surface area contributed by atoms with Crippen molar-refractivity contribution in [3.8, 4) is 5.75 Å². The number of aliphatic carboxylic acids is 1. The molecule has 2 aromatic heterocycles. The van der Waals surface area contributed by atoms with Crippen LogP contribution >= 0.6 is 22.7 Å². The van der Waals surface area contributed by atoms with Gasteiger partial charge in [-0.05, 0) is 31.7 Å². The maximum Gasteiger partial charge on any atom is 0.349 e. The van der Waals surface area contributed by atoms with E-state index in [1.165, 1.54) is 17.8 Å². The van der Waals surface area contributed by atoms with Crippen molar-refractivity contribution in [1.82, 2.24) is 0 Å². The molecule has 1 aromatic carbocycles. The van der Waals surface area contributed by atoms with Crippen LogP contribution in [0.25, 0.3) is 19.5 Å². The third-order valence-electron chi connectivity index (χ3n) is 5.69. The van der Waals surface area contributed by atoms with E-state index in [-0.39, 0.29) is 22.5 Å². The smallest absolute Gasteiger partial charge is 0.349 e. The summed E-state index contributed by atoms with van der Waals surface area (Å²) in [6.07, 6.45) is 5.54. The van der Waals surface area contributed by atoms with Crippen LogP contribution in [0.1, 0.15) is 48.7 Å². The average molecular weight is 462 g/mol. The number of nitrogens with one attached hydrogen (secondary N) is 1. The molecule has 3 N–H and O–H groups in total. The molecule has 7 nitrogen and oxygen atoms in total. The van der Waals surface area contributed by atoms with E-state index in [9.17, 15) is 19.5 Å². The lowest BCUT2D eigenvalue weighted by atomic mass is 9.82. The minimum atomic E-state index is -1.17. The van der Waals surface area contributed by atoms with Crippen LogP contribution in [0.4, 0.5) is 5.69 Å². The van der Waals surface area contributed by atoms with Gasteiger partial charge in [-0.15, -0.1) is 22.7 Å². The predicted octanol–water partition coefficient (Wildman–Crippen LogP) is 5.23. The second-order valence-corrected chi connectivity index (χ2v) is 9.86. The Labute approximate surface area is 186 Å². The number of carbonyl (C=O) groups excluding carboxylic acids is 1. The van der Waals surface area contributed by atoms with Crippen LogP contribution in [0.5, 0.6) is 5.75 Å². The van der Waals surface area contributed by atoms with Crippen molar-refractivity contribution in [3.63, 3.8) is 0 Å². The summed E-state index contributed by atoms with van der Waals surface area (Å²) in [7, 11) is 0. The van der Waals surface area contributed by atoms with Crippen LogP contribution < -0.4 is 10.1 Å². The Morgan fingerprint density at radius 2 is 1.84 bits per heavy atom. The SMILES string of the molecule is CC(=O)C(Nc1cccc2c1sc1c(OCC(=O)O)c(C(=O)O)sc12)C1CCCCC1. The monoisotopic (exact) mass is 461 g/mol.